The van der Waals surface area contributed by atoms with Gasteiger partial charge in [0, 0.05) is 12.8 Å². The molecule has 0 unspecified atom stereocenters. The Labute approximate surface area is 143 Å². The lowest BCUT2D eigenvalue weighted by molar-refractivity contribution is -0.117. The molecule has 0 atom stereocenters. The predicted octanol–water partition coefficient (Wildman–Crippen LogP) is 4.87. The molecule has 0 saturated heterocycles. The number of carbonyl (C=O) groups is 1. The maximum Gasteiger partial charge on any atom is 0.141 e. The van der Waals surface area contributed by atoms with Gasteiger partial charge in [-0.15, -0.1) is 0 Å². The smallest absolute Gasteiger partial charge is 0.141 e. The molecule has 0 N–H and O–H groups in total. The lowest BCUT2D eigenvalue weighted by Gasteiger charge is -2.06. The van der Waals surface area contributed by atoms with Gasteiger partial charge in [0.25, 0.3) is 0 Å². The lowest BCUT2D eigenvalue weighted by Crippen LogP contribution is -2.06. The number of hydrogen-bond donors (Lipinski definition) is 0. The number of benzene rings is 2. The summed E-state index contributed by atoms with van der Waals surface area (Å²) in [6.45, 7) is 3.78. The van der Waals surface area contributed by atoms with Crippen LogP contribution in [0.2, 0.25) is 0 Å². The molecular formula is C21H22O3. The number of hydrogen-bond acceptors (Lipinski definition) is 3. The molecule has 2 rings (SSSR count). The summed E-state index contributed by atoms with van der Waals surface area (Å²) in [5.41, 5.74) is 1.90. The fourth-order valence-electron chi connectivity index (χ4n) is 2.27. The highest BCUT2D eigenvalue weighted by Crippen LogP contribution is 2.17. The molecule has 3 nitrogen and oxygen atoms in total. The molecule has 2 aromatic rings. The Balaban J connectivity index is 1.98. The molecule has 0 aliphatic heterocycles. The summed E-state index contributed by atoms with van der Waals surface area (Å²) in [7, 11) is 0. The molecule has 0 bridgehead atoms. The van der Waals surface area contributed by atoms with Crippen LogP contribution in [0.1, 0.15) is 25.0 Å². The minimum Gasteiger partial charge on any atom is -0.465 e. The standard InChI is InChI=1S/C21H22O3/c1-3-11-23-20-9-5-7-17(15-20)13-19(22)14-18-8-6-10-21(16-18)24-12-4-2/h3-12,15-16H,13-14H2,1-2H3. The van der Waals surface area contributed by atoms with Crippen LogP contribution in [0.5, 0.6) is 11.5 Å². The topological polar surface area (TPSA) is 35.5 Å². The van der Waals surface area contributed by atoms with Crippen molar-refractivity contribution in [2.45, 2.75) is 26.7 Å². The van der Waals surface area contributed by atoms with Crippen LogP contribution in [0.4, 0.5) is 0 Å². The van der Waals surface area contributed by atoms with E-state index >= 15 is 0 Å². The molecule has 0 heterocycles. The van der Waals surface area contributed by atoms with Crippen molar-refractivity contribution in [1.29, 1.82) is 0 Å². The Bertz CT molecular complexity index is 668. The fourth-order valence-corrected chi connectivity index (χ4v) is 2.27. The van der Waals surface area contributed by atoms with Crippen molar-refractivity contribution in [2.75, 3.05) is 0 Å². The van der Waals surface area contributed by atoms with Crippen molar-refractivity contribution in [3.05, 3.63) is 84.3 Å². The van der Waals surface area contributed by atoms with Crippen molar-refractivity contribution < 1.29 is 14.3 Å². The predicted molar refractivity (Wildman–Crippen MR) is 96.2 cm³/mol. The zero-order chi connectivity index (χ0) is 17.2. The monoisotopic (exact) mass is 322 g/mol. The zero-order valence-electron chi connectivity index (χ0n) is 14.1. The van der Waals surface area contributed by atoms with Gasteiger partial charge in [-0.25, -0.2) is 0 Å². The zero-order valence-corrected chi connectivity index (χ0v) is 14.1. The van der Waals surface area contributed by atoms with Crippen LogP contribution in [0.25, 0.3) is 0 Å². The van der Waals surface area contributed by atoms with Gasteiger partial charge in [0.05, 0.1) is 12.5 Å². The Kier molecular flexibility index (Phi) is 6.84. The van der Waals surface area contributed by atoms with Crippen molar-refractivity contribution in [3.8, 4) is 11.5 Å². The summed E-state index contributed by atoms with van der Waals surface area (Å²) in [5.74, 6) is 1.63. The van der Waals surface area contributed by atoms with E-state index in [4.69, 9.17) is 9.47 Å². The van der Waals surface area contributed by atoms with E-state index in [2.05, 4.69) is 0 Å². The normalized spacial score (nSPS) is 11.1. The van der Waals surface area contributed by atoms with Gasteiger partial charge in [0.2, 0.25) is 0 Å². The van der Waals surface area contributed by atoms with E-state index in [9.17, 15) is 4.79 Å². The van der Waals surface area contributed by atoms with E-state index in [1.165, 1.54) is 0 Å². The van der Waals surface area contributed by atoms with Gasteiger partial charge in [0.1, 0.15) is 17.3 Å². The molecule has 0 amide bonds. The van der Waals surface area contributed by atoms with Crippen LogP contribution >= 0.6 is 0 Å². The molecule has 0 radical (unpaired) electrons. The van der Waals surface area contributed by atoms with Gasteiger partial charge in [-0.3, -0.25) is 4.79 Å². The number of ketones is 1. The maximum absolute atomic E-state index is 12.3. The number of allylic oxidation sites excluding steroid dienone is 2. The van der Waals surface area contributed by atoms with Gasteiger partial charge in [-0.2, -0.15) is 0 Å². The van der Waals surface area contributed by atoms with E-state index in [0.717, 1.165) is 22.6 Å². The average Bonchev–Trinajstić information content (AvgIpc) is 2.58. The molecular weight excluding hydrogens is 300 g/mol. The average molecular weight is 322 g/mol. The number of carbonyl (C=O) groups excluding carboxylic acids is 1. The van der Waals surface area contributed by atoms with Crippen LogP contribution in [-0.2, 0) is 17.6 Å². The second-order valence-electron chi connectivity index (χ2n) is 5.36. The Morgan fingerprint density at radius 3 is 1.71 bits per heavy atom. The Hall–Kier alpha value is -2.81. The van der Waals surface area contributed by atoms with Crippen LogP contribution in [0.3, 0.4) is 0 Å². The van der Waals surface area contributed by atoms with Gasteiger partial charge in [-0.05, 0) is 49.2 Å². The lowest BCUT2D eigenvalue weighted by atomic mass is 10.0. The Morgan fingerprint density at radius 1 is 0.833 bits per heavy atom. The molecule has 124 valence electrons. The number of rotatable bonds is 8. The first-order valence-electron chi connectivity index (χ1n) is 7.96. The first-order chi connectivity index (χ1) is 11.7. The summed E-state index contributed by atoms with van der Waals surface area (Å²) in [4.78, 5) is 12.3. The SMILES string of the molecule is CC=COc1cccc(CC(=O)Cc2cccc(OC=CC)c2)c1. The molecule has 3 heteroatoms. The fraction of sp³-hybridized carbons (Fsp3) is 0.190. The molecule has 0 fully saturated rings. The first kappa shape index (κ1) is 17.5. The summed E-state index contributed by atoms with van der Waals surface area (Å²) >= 11 is 0. The van der Waals surface area contributed by atoms with Crippen LogP contribution in [0, 0.1) is 0 Å². The molecule has 0 aromatic heterocycles. The minimum atomic E-state index is 0.154. The molecule has 0 aliphatic carbocycles. The third-order valence-electron chi connectivity index (χ3n) is 3.28. The van der Waals surface area contributed by atoms with Crippen molar-refractivity contribution in [2.24, 2.45) is 0 Å². The number of Topliss-reactive ketones (excluding diaryl/α,β-unsaturated/α-hetero) is 1. The van der Waals surface area contributed by atoms with Crippen LogP contribution < -0.4 is 9.47 Å². The van der Waals surface area contributed by atoms with E-state index in [1.54, 1.807) is 12.5 Å². The minimum absolute atomic E-state index is 0.154. The largest absolute Gasteiger partial charge is 0.465 e. The van der Waals surface area contributed by atoms with Crippen molar-refractivity contribution in [1.82, 2.24) is 0 Å². The van der Waals surface area contributed by atoms with Gasteiger partial charge in [0.15, 0.2) is 0 Å². The Morgan fingerprint density at radius 2 is 1.29 bits per heavy atom. The summed E-state index contributed by atoms with van der Waals surface area (Å²) in [5, 5.41) is 0. The molecule has 0 spiro atoms. The molecule has 24 heavy (non-hydrogen) atoms. The first-order valence-corrected chi connectivity index (χ1v) is 7.96. The van der Waals surface area contributed by atoms with E-state index in [0.29, 0.717) is 12.8 Å². The van der Waals surface area contributed by atoms with E-state index < -0.39 is 0 Å². The van der Waals surface area contributed by atoms with Gasteiger partial charge in [-0.1, -0.05) is 36.4 Å². The highest BCUT2D eigenvalue weighted by atomic mass is 16.5. The van der Waals surface area contributed by atoms with Gasteiger partial charge < -0.3 is 9.47 Å². The number of ether oxygens (including phenoxy) is 2. The summed E-state index contributed by atoms with van der Waals surface area (Å²) in [6.07, 6.45) is 7.65. The van der Waals surface area contributed by atoms with E-state index in [-0.39, 0.29) is 5.78 Å². The third-order valence-corrected chi connectivity index (χ3v) is 3.28. The van der Waals surface area contributed by atoms with E-state index in [1.807, 2.05) is 74.5 Å². The highest BCUT2D eigenvalue weighted by molar-refractivity contribution is 5.83. The van der Waals surface area contributed by atoms with Crippen LogP contribution in [0.15, 0.2) is 73.2 Å². The quantitative estimate of drug-likeness (QED) is 0.651. The highest BCUT2D eigenvalue weighted by Gasteiger charge is 2.07. The van der Waals surface area contributed by atoms with Crippen LogP contribution in [-0.4, -0.2) is 5.78 Å². The molecule has 0 saturated carbocycles. The summed E-state index contributed by atoms with van der Waals surface area (Å²) < 4.78 is 10.9. The third kappa shape index (κ3) is 5.76. The maximum atomic E-state index is 12.3. The molecule has 2 aromatic carbocycles. The second kappa shape index (κ2) is 9.36. The van der Waals surface area contributed by atoms with Crippen molar-refractivity contribution in [3.63, 3.8) is 0 Å². The van der Waals surface area contributed by atoms with Gasteiger partial charge >= 0.3 is 0 Å². The summed E-state index contributed by atoms with van der Waals surface area (Å²) in [6, 6.07) is 15.2. The van der Waals surface area contributed by atoms with Crippen molar-refractivity contribution >= 4 is 5.78 Å². The second-order valence-corrected chi connectivity index (χ2v) is 5.36. The molecule has 0 aliphatic rings.